The van der Waals surface area contributed by atoms with E-state index >= 15 is 0 Å². The lowest BCUT2D eigenvalue weighted by Gasteiger charge is -2.08. The number of para-hydroxylation sites is 1. The van der Waals surface area contributed by atoms with Crippen LogP contribution in [0.4, 0.5) is 11.7 Å². The second kappa shape index (κ2) is 3.54. The smallest absolute Gasteiger partial charge is 0.299 e. The zero-order valence-corrected chi connectivity index (χ0v) is 8.24. The Bertz CT molecular complexity index is 401. The van der Waals surface area contributed by atoms with Crippen molar-refractivity contribution in [3.05, 3.63) is 41.8 Å². The highest BCUT2D eigenvalue weighted by molar-refractivity contribution is 5.61. The summed E-state index contributed by atoms with van der Waals surface area (Å²) in [6.07, 6.45) is 3.17. The molecule has 0 saturated carbocycles. The van der Waals surface area contributed by atoms with Gasteiger partial charge in [-0.2, -0.15) is 0 Å². The van der Waals surface area contributed by atoms with Crippen LogP contribution in [0.5, 0.6) is 0 Å². The van der Waals surface area contributed by atoms with E-state index in [0.29, 0.717) is 6.01 Å². The number of anilines is 2. The lowest BCUT2D eigenvalue weighted by molar-refractivity contribution is 0.577. The van der Waals surface area contributed by atoms with Crippen LogP contribution in [0, 0.1) is 13.8 Å². The van der Waals surface area contributed by atoms with Crippen LogP contribution in [0.25, 0.3) is 0 Å². The summed E-state index contributed by atoms with van der Waals surface area (Å²) in [5, 5.41) is 3.14. The molecule has 3 heteroatoms. The number of rotatable bonds is 2. The van der Waals surface area contributed by atoms with Gasteiger partial charge >= 0.3 is 0 Å². The summed E-state index contributed by atoms with van der Waals surface area (Å²) in [7, 11) is 0. The number of aromatic nitrogens is 1. The molecule has 1 aromatic heterocycles. The highest BCUT2D eigenvalue weighted by atomic mass is 16.4. The number of hydrogen-bond donors (Lipinski definition) is 1. The van der Waals surface area contributed by atoms with Crippen molar-refractivity contribution in [1.82, 2.24) is 4.98 Å². The third-order valence-electron chi connectivity index (χ3n) is 2.15. The number of nitrogens with zero attached hydrogens (tertiary/aromatic N) is 1. The SMILES string of the molecule is Cc1cccc(C)c1Nc1ncco1. The van der Waals surface area contributed by atoms with E-state index in [9.17, 15) is 0 Å². The maximum absolute atomic E-state index is 5.13. The standard InChI is InChI=1S/C11H12N2O/c1-8-4-3-5-9(2)10(8)13-11-12-6-7-14-11/h3-7H,1-2H3,(H,12,13). The van der Waals surface area contributed by atoms with Crippen LogP contribution < -0.4 is 5.32 Å². The van der Waals surface area contributed by atoms with Gasteiger partial charge in [0, 0.05) is 5.69 Å². The molecule has 0 atom stereocenters. The second-order valence-corrected chi connectivity index (χ2v) is 3.23. The Kier molecular flexibility index (Phi) is 2.23. The number of aryl methyl sites for hydroxylation is 2. The molecule has 0 aliphatic heterocycles. The lowest BCUT2D eigenvalue weighted by atomic mass is 10.1. The van der Waals surface area contributed by atoms with Crippen LogP contribution in [-0.2, 0) is 0 Å². The number of nitrogens with one attached hydrogen (secondary N) is 1. The lowest BCUT2D eigenvalue weighted by Crippen LogP contribution is -1.95. The predicted octanol–water partition coefficient (Wildman–Crippen LogP) is 3.04. The van der Waals surface area contributed by atoms with E-state index in [0.717, 1.165) is 5.69 Å². The van der Waals surface area contributed by atoms with Crippen LogP contribution in [0.1, 0.15) is 11.1 Å². The molecule has 72 valence electrons. The highest BCUT2D eigenvalue weighted by Gasteiger charge is 2.03. The molecule has 0 unspecified atom stereocenters. The second-order valence-electron chi connectivity index (χ2n) is 3.23. The molecule has 14 heavy (non-hydrogen) atoms. The summed E-state index contributed by atoms with van der Waals surface area (Å²) < 4.78 is 5.13. The molecule has 3 nitrogen and oxygen atoms in total. The van der Waals surface area contributed by atoms with Gasteiger partial charge in [0.2, 0.25) is 0 Å². The molecule has 1 aromatic carbocycles. The molecule has 0 saturated heterocycles. The fourth-order valence-electron chi connectivity index (χ4n) is 1.40. The average molecular weight is 188 g/mol. The molecule has 0 aliphatic carbocycles. The Morgan fingerprint density at radius 2 is 1.93 bits per heavy atom. The Balaban J connectivity index is 2.33. The van der Waals surface area contributed by atoms with Crippen LogP contribution in [-0.4, -0.2) is 4.98 Å². The Morgan fingerprint density at radius 1 is 1.21 bits per heavy atom. The third kappa shape index (κ3) is 1.62. The van der Waals surface area contributed by atoms with Gasteiger partial charge in [-0.1, -0.05) is 18.2 Å². The number of hydrogen-bond acceptors (Lipinski definition) is 3. The molecular formula is C11H12N2O. The summed E-state index contributed by atoms with van der Waals surface area (Å²) in [5.41, 5.74) is 3.43. The highest BCUT2D eigenvalue weighted by Crippen LogP contribution is 2.22. The van der Waals surface area contributed by atoms with Crippen molar-refractivity contribution in [2.45, 2.75) is 13.8 Å². The first-order valence-electron chi connectivity index (χ1n) is 4.50. The Morgan fingerprint density at radius 3 is 2.50 bits per heavy atom. The summed E-state index contributed by atoms with van der Waals surface area (Å²) in [6, 6.07) is 6.67. The topological polar surface area (TPSA) is 38.1 Å². The van der Waals surface area contributed by atoms with Crippen LogP contribution in [0.2, 0.25) is 0 Å². The van der Waals surface area contributed by atoms with E-state index in [1.807, 2.05) is 6.07 Å². The molecule has 0 fully saturated rings. The predicted molar refractivity (Wildman–Crippen MR) is 55.7 cm³/mol. The number of benzene rings is 1. The number of oxazole rings is 1. The van der Waals surface area contributed by atoms with E-state index < -0.39 is 0 Å². The molecule has 1 heterocycles. The van der Waals surface area contributed by atoms with E-state index in [1.165, 1.54) is 11.1 Å². The third-order valence-corrected chi connectivity index (χ3v) is 2.15. The van der Waals surface area contributed by atoms with Gasteiger partial charge in [0.1, 0.15) is 6.26 Å². The molecule has 0 amide bonds. The minimum Gasteiger partial charge on any atom is -0.432 e. The maximum atomic E-state index is 5.13. The molecule has 1 N–H and O–H groups in total. The van der Waals surface area contributed by atoms with E-state index in [1.54, 1.807) is 12.5 Å². The molecule has 2 aromatic rings. The summed E-state index contributed by atoms with van der Waals surface area (Å²) in [6.45, 7) is 4.11. The summed E-state index contributed by atoms with van der Waals surface area (Å²) >= 11 is 0. The summed E-state index contributed by atoms with van der Waals surface area (Å²) in [5.74, 6) is 0. The van der Waals surface area contributed by atoms with E-state index in [-0.39, 0.29) is 0 Å². The zero-order valence-electron chi connectivity index (χ0n) is 8.24. The zero-order chi connectivity index (χ0) is 9.97. The first-order valence-corrected chi connectivity index (χ1v) is 4.50. The van der Waals surface area contributed by atoms with Gasteiger partial charge in [-0.05, 0) is 25.0 Å². The van der Waals surface area contributed by atoms with Crippen molar-refractivity contribution in [2.75, 3.05) is 5.32 Å². The normalized spacial score (nSPS) is 10.1. The summed E-state index contributed by atoms with van der Waals surface area (Å²) in [4.78, 5) is 4.02. The van der Waals surface area contributed by atoms with Crippen LogP contribution in [0.15, 0.2) is 35.1 Å². The fourth-order valence-corrected chi connectivity index (χ4v) is 1.40. The van der Waals surface area contributed by atoms with Gasteiger partial charge in [0.05, 0.1) is 6.20 Å². The van der Waals surface area contributed by atoms with Crippen molar-refractivity contribution in [2.24, 2.45) is 0 Å². The Labute approximate surface area is 82.8 Å². The average Bonchev–Trinajstić information content (AvgIpc) is 2.64. The van der Waals surface area contributed by atoms with Crippen LogP contribution >= 0.6 is 0 Å². The van der Waals surface area contributed by atoms with E-state index in [2.05, 4.69) is 36.3 Å². The van der Waals surface area contributed by atoms with Gasteiger partial charge in [-0.3, -0.25) is 0 Å². The van der Waals surface area contributed by atoms with Gasteiger partial charge in [0.15, 0.2) is 0 Å². The van der Waals surface area contributed by atoms with E-state index in [4.69, 9.17) is 4.42 Å². The molecule has 0 aliphatic rings. The van der Waals surface area contributed by atoms with Crippen molar-refractivity contribution < 1.29 is 4.42 Å². The first-order chi connectivity index (χ1) is 6.77. The minimum atomic E-state index is 0.530. The largest absolute Gasteiger partial charge is 0.432 e. The van der Waals surface area contributed by atoms with Gasteiger partial charge in [-0.15, -0.1) is 0 Å². The minimum absolute atomic E-state index is 0.530. The molecule has 0 radical (unpaired) electrons. The molecule has 0 bridgehead atoms. The molecular weight excluding hydrogens is 176 g/mol. The first kappa shape index (κ1) is 8.81. The van der Waals surface area contributed by atoms with Crippen molar-refractivity contribution in [3.63, 3.8) is 0 Å². The molecule has 0 spiro atoms. The van der Waals surface area contributed by atoms with Crippen LogP contribution in [0.3, 0.4) is 0 Å². The van der Waals surface area contributed by atoms with Crippen molar-refractivity contribution in [1.29, 1.82) is 0 Å². The quantitative estimate of drug-likeness (QED) is 0.787. The monoisotopic (exact) mass is 188 g/mol. The maximum Gasteiger partial charge on any atom is 0.299 e. The van der Waals surface area contributed by atoms with Crippen molar-refractivity contribution in [3.8, 4) is 0 Å². The van der Waals surface area contributed by atoms with Gasteiger partial charge in [-0.25, -0.2) is 4.98 Å². The Hall–Kier alpha value is -1.77. The molecule has 2 rings (SSSR count). The van der Waals surface area contributed by atoms with Gasteiger partial charge < -0.3 is 9.73 Å². The fraction of sp³-hybridized carbons (Fsp3) is 0.182. The van der Waals surface area contributed by atoms with Crippen molar-refractivity contribution >= 4 is 11.7 Å². The van der Waals surface area contributed by atoms with Gasteiger partial charge in [0.25, 0.3) is 6.01 Å².